The first-order valence-corrected chi connectivity index (χ1v) is 5.87. The maximum absolute atomic E-state index is 5.37. The smallest absolute Gasteiger partial charge is 0.161 e. The van der Waals surface area contributed by atoms with E-state index in [0.29, 0.717) is 0 Å². The van der Waals surface area contributed by atoms with Crippen molar-refractivity contribution in [2.75, 3.05) is 14.2 Å². The summed E-state index contributed by atoms with van der Waals surface area (Å²) in [6.07, 6.45) is 0. The van der Waals surface area contributed by atoms with Crippen LogP contribution < -0.4 is 9.47 Å². The quantitative estimate of drug-likeness (QED) is 0.628. The minimum Gasteiger partial charge on any atom is -0.493 e. The molecule has 0 aliphatic rings. The van der Waals surface area contributed by atoms with E-state index in [4.69, 9.17) is 9.47 Å². The molecule has 3 aromatic carbocycles. The number of fused-ring (bicyclic) bond motifs is 3. The Morgan fingerprint density at radius 2 is 1.33 bits per heavy atom. The van der Waals surface area contributed by atoms with Crippen molar-refractivity contribution >= 4 is 21.5 Å². The van der Waals surface area contributed by atoms with Gasteiger partial charge in [-0.3, -0.25) is 0 Å². The Morgan fingerprint density at radius 3 is 2.11 bits per heavy atom. The van der Waals surface area contributed by atoms with Gasteiger partial charge in [0.05, 0.1) is 14.2 Å². The van der Waals surface area contributed by atoms with Gasteiger partial charge in [-0.05, 0) is 33.7 Å². The fourth-order valence-electron chi connectivity index (χ4n) is 2.33. The lowest BCUT2D eigenvalue weighted by molar-refractivity contribution is 0.356. The zero-order valence-corrected chi connectivity index (χ0v) is 10.4. The predicted octanol–water partition coefficient (Wildman–Crippen LogP) is 4.01. The zero-order valence-electron chi connectivity index (χ0n) is 10.4. The molecule has 3 aromatic rings. The third-order valence-electron chi connectivity index (χ3n) is 3.25. The first-order valence-electron chi connectivity index (χ1n) is 5.87. The van der Waals surface area contributed by atoms with E-state index in [0.717, 1.165) is 16.9 Å². The summed E-state index contributed by atoms with van der Waals surface area (Å²) in [7, 11) is 3.32. The lowest BCUT2D eigenvalue weighted by atomic mass is 10.0. The molecule has 0 N–H and O–H groups in total. The molecule has 90 valence electrons. The largest absolute Gasteiger partial charge is 0.493 e. The Bertz CT molecular complexity index is 717. The molecule has 0 radical (unpaired) electrons. The molecule has 0 fully saturated rings. The minimum atomic E-state index is 0.764. The molecule has 3 rings (SSSR count). The normalized spacial score (nSPS) is 10.8. The molecule has 0 unspecified atom stereocenters. The van der Waals surface area contributed by atoms with E-state index in [1.807, 2.05) is 12.1 Å². The fourth-order valence-corrected chi connectivity index (χ4v) is 2.33. The SMILES string of the molecule is COc1cc2ccc3ccccc3c2cc1OC. The van der Waals surface area contributed by atoms with Crippen molar-refractivity contribution in [3.63, 3.8) is 0 Å². The van der Waals surface area contributed by atoms with Gasteiger partial charge in [0.15, 0.2) is 11.5 Å². The highest BCUT2D eigenvalue weighted by molar-refractivity contribution is 6.08. The second-order valence-electron chi connectivity index (χ2n) is 4.22. The highest BCUT2D eigenvalue weighted by Crippen LogP contribution is 2.35. The van der Waals surface area contributed by atoms with Gasteiger partial charge in [-0.15, -0.1) is 0 Å². The first kappa shape index (κ1) is 10.9. The third kappa shape index (κ3) is 1.58. The van der Waals surface area contributed by atoms with Gasteiger partial charge in [-0.25, -0.2) is 0 Å². The van der Waals surface area contributed by atoms with E-state index in [1.165, 1.54) is 16.2 Å². The van der Waals surface area contributed by atoms with E-state index in [-0.39, 0.29) is 0 Å². The lowest BCUT2D eigenvalue weighted by Crippen LogP contribution is -1.90. The van der Waals surface area contributed by atoms with Crippen molar-refractivity contribution in [1.82, 2.24) is 0 Å². The average Bonchev–Trinajstić information content (AvgIpc) is 2.45. The number of rotatable bonds is 2. The van der Waals surface area contributed by atoms with Crippen LogP contribution in [0.15, 0.2) is 48.5 Å². The Kier molecular flexibility index (Phi) is 2.56. The van der Waals surface area contributed by atoms with Crippen LogP contribution in [-0.2, 0) is 0 Å². The summed E-state index contributed by atoms with van der Waals surface area (Å²) < 4.78 is 10.7. The van der Waals surface area contributed by atoms with Crippen LogP contribution in [0.2, 0.25) is 0 Å². The Labute approximate surface area is 106 Å². The molecular formula is C16H14O2. The van der Waals surface area contributed by atoms with Gasteiger partial charge in [-0.2, -0.15) is 0 Å². The van der Waals surface area contributed by atoms with E-state index in [9.17, 15) is 0 Å². The van der Waals surface area contributed by atoms with Crippen LogP contribution in [0.25, 0.3) is 21.5 Å². The molecule has 0 atom stereocenters. The van der Waals surface area contributed by atoms with Gasteiger partial charge < -0.3 is 9.47 Å². The molecule has 0 spiro atoms. The van der Waals surface area contributed by atoms with Crippen molar-refractivity contribution in [1.29, 1.82) is 0 Å². The monoisotopic (exact) mass is 238 g/mol. The van der Waals surface area contributed by atoms with E-state index in [2.05, 4.69) is 36.4 Å². The minimum absolute atomic E-state index is 0.764. The van der Waals surface area contributed by atoms with Crippen LogP contribution in [0.4, 0.5) is 0 Å². The van der Waals surface area contributed by atoms with Crippen molar-refractivity contribution in [3.05, 3.63) is 48.5 Å². The second-order valence-corrected chi connectivity index (χ2v) is 4.22. The third-order valence-corrected chi connectivity index (χ3v) is 3.25. The van der Waals surface area contributed by atoms with Crippen LogP contribution in [-0.4, -0.2) is 14.2 Å². The Hall–Kier alpha value is -2.22. The molecule has 0 bridgehead atoms. The maximum atomic E-state index is 5.37. The van der Waals surface area contributed by atoms with Crippen LogP contribution >= 0.6 is 0 Å². The number of benzene rings is 3. The highest BCUT2D eigenvalue weighted by Gasteiger charge is 2.07. The molecular weight excluding hydrogens is 224 g/mol. The van der Waals surface area contributed by atoms with Crippen molar-refractivity contribution in [3.8, 4) is 11.5 Å². The van der Waals surface area contributed by atoms with Crippen LogP contribution in [0, 0.1) is 0 Å². The summed E-state index contributed by atoms with van der Waals surface area (Å²) in [5.41, 5.74) is 0. The summed E-state index contributed by atoms with van der Waals surface area (Å²) in [6, 6.07) is 16.6. The summed E-state index contributed by atoms with van der Waals surface area (Å²) in [4.78, 5) is 0. The first-order chi connectivity index (χ1) is 8.83. The lowest BCUT2D eigenvalue weighted by Gasteiger charge is -2.10. The van der Waals surface area contributed by atoms with Crippen molar-refractivity contribution in [2.24, 2.45) is 0 Å². The summed E-state index contributed by atoms with van der Waals surface area (Å²) in [6.45, 7) is 0. The molecule has 0 aliphatic carbocycles. The molecule has 0 aromatic heterocycles. The van der Waals surface area contributed by atoms with Gasteiger partial charge in [0, 0.05) is 0 Å². The molecule has 2 nitrogen and oxygen atoms in total. The van der Waals surface area contributed by atoms with Gasteiger partial charge in [-0.1, -0.05) is 36.4 Å². The van der Waals surface area contributed by atoms with Gasteiger partial charge >= 0.3 is 0 Å². The maximum Gasteiger partial charge on any atom is 0.161 e. The van der Waals surface area contributed by atoms with E-state index < -0.39 is 0 Å². The molecule has 0 aliphatic heterocycles. The second kappa shape index (κ2) is 4.22. The summed E-state index contributed by atoms with van der Waals surface area (Å²) in [5.74, 6) is 1.53. The topological polar surface area (TPSA) is 18.5 Å². The molecule has 0 heterocycles. The van der Waals surface area contributed by atoms with E-state index in [1.54, 1.807) is 14.2 Å². The van der Waals surface area contributed by atoms with Crippen molar-refractivity contribution in [2.45, 2.75) is 0 Å². The molecule has 0 amide bonds. The molecule has 18 heavy (non-hydrogen) atoms. The molecule has 2 heteroatoms. The van der Waals surface area contributed by atoms with Crippen molar-refractivity contribution < 1.29 is 9.47 Å². The molecule has 0 saturated heterocycles. The zero-order chi connectivity index (χ0) is 12.5. The van der Waals surface area contributed by atoms with Gasteiger partial charge in [0.2, 0.25) is 0 Å². The van der Waals surface area contributed by atoms with E-state index >= 15 is 0 Å². The summed E-state index contributed by atoms with van der Waals surface area (Å²) >= 11 is 0. The van der Waals surface area contributed by atoms with Crippen LogP contribution in [0.3, 0.4) is 0 Å². The number of hydrogen-bond donors (Lipinski definition) is 0. The standard InChI is InChI=1S/C16H14O2/c1-17-15-9-12-8-7-11-5-3-4-6-13(11)14(12)10-16(15)18-2/h3-10H,1-2H3. The Morgan fingerprint density at radius 1 is 0.667 bits per heavy atom. The van der Waals surface area contributed by atoms with Crippen LogP contribution in [0.1, 0.15) is 0 Å². The van der Waals surface area contributed by atoms with Gasteiger partial charge in [0.1, 0.15) is 0 Å². The predicted molar refractivity (Wildman–Crippen MR) is 74.6 cm³/mol. The number of hydrogen-bond acceptors (Lipinski definition) is 2. The number of ether oxygens (including phenoxy) is 2. The Balaban J connectivity index is 2.43. The number of methoxy groups -OCH3 is 2. The summed E-state index contributed by atoms with van der Waals surface area (Å²) in [5, 5.41) is 4.81. The fraction of sp³-hybridized carbons (Fsp3) is 0.125. The van der Waals surface area contributed by atoms with Crippen LogP contribution in [0.5, 0.6) is 11.5 Å². The highest BCUT2D eigenvalue weighted by atomic mass is 16.5. The molecule has 0 saturated carbocycles. The van der Waals surface area contributed by atoms with Gasteiger partial charge in [0.25, 0.3) is 0 Å². The average molecular weight is 238 g/mol.